The van der Waals surface area contributed by atoms with Crippen LogP contribution >= 0.6 is 0 Å². The Hall–Kier alpha value is -4.82. The Morgan fingerprint density at radius 2 is 0.917 bits per heavy atom. The van der Waals surface area contributed by atoms with Crippen LogP contribution < -0.4 is 0 Å². The summed E-state index contributed by atoms with van der Waals surface area (Å²) in [5.41, 5.74) is 8.39. The van der Waals surface area contributed by atoms with E-state index in [9.17, 15) is 0 Å². The van der Waals surface area contributed by atoms with Crippen LogP contribution in [0, 0.1) is 0 Å². The number of benzene rings is 5. The van der Waals surface area contributed by atoms with Gasteiger partial charge in [0.05, 0.1) is 22.4 Å². The van der Waals surface area contributed by atoms with E-state index < -0.39 is 0 Å². The van der Waals surface area contributed by atoms with Crippen molar-refractivity contribution >= 4 is 32.6 Å². The highest BCUT2D eigenvalue weighted by atomic mass is 14.8. The van der Waals surface area contributed by atoms with Crippen molar-refractivity contribution in [3.8, 4) is 33.6 Å². The Morgan fingerprint density at radius 1 is 0.361 bits per heavy atom. The van der Waals surface area contributed by atoms with Crippen molar-refractivity contribution in [2.24, 2.45) is 0 Å². The first-order chi connectivity index (χ1) is 17.8. The second-order valence-electron chi connectivity index (χ2n) is 9.08. The average Bonchev–Trinajstić information content (AvgIpc) is 2.97. The van der Waals surface area contributed by atoms with Crippen LogP contribution in [0.1, 0.15) is 0 Å². The van der Waals surface area contributed by atoms with Gasteiger partial charge in [-0.25, -0.2) is 9.97 Å². The van der Waals surface area contributed by atoms with Gasteiger partial charge >= 0.3 is 0 Å². The van der Waals surface area contributed by atoms with Gasteiger partial charge in [-0.2, -0.15) is 0 Å². The van der Waals surface area contributed by atoms with E-state index in [1.165, 1.54) is 21.9 Å². The van der Waals surface area contributed by atoms with Crippen LogP contribution in [-0.4, -0.2) is 9.97 Å². The topological polar surface area (TPSA) is 25.8 Å². The van der Waals surface area contributed by atoms with Crippen molar-refractivity contribution in [1.82, 2.24) is 9.97 Å². The molecule has 7 rings (SSSR count). The van der Waals surface area contributed by atoms with Crippen LogP contribution in [0.3, 0.4) is 0 Å². The fraction of sp³-hybridized carbons (Fsp3) is 0. The predicted molar refractivity (Wildman–Crippen MR) is 151 cm³/mol. The third-order valence-electron chi connectivity index (χ3n) is 6.85. The molecule has 36 heavy (non-hydrogen) atoms. The fourth-order valence-electron chi connectivity index (χ4n) is 5.02. The first-order valence-corrected chi connectivity index (χ1v) is 12.2. The average molecular weight is 459 g/mol. The molecule has 0 aliphatic heterocycles. The van der Waals surface area contributed by atoms with Gasteiger partial charge in [0.25, 0.3) is 0 Å². The van der Waals surface area contributed by atoms with E-state index in [-0.39, 0.29) is 0 Å². The lowest BCUT2D eigenvalue weighted by Crippen LogP contribution is -1.91. The Labute approximate surface area is 209 Å². The maximum atomic E-state index is 5.14. The van der Waals surface area contributed by atoms with Crippen LogP contribution in [0.15, 0.2) is 133 Å². The molecule has 0 saturated carbocycles. The zero-order valence-electron chi connectivity index (χ0n) is 19.6. The molecule has 0 aliphatic rings. The normalized spacial score (nSPS) is 11.3. The molecule has 0 fully saturated rings. The predicted octanol–water partition coefficient (Wildman–Crippen LogP) is 8.94. The van der Waals surface area contributed by atoms with E-state index in [1.807, 2.05) is 18.2 Å². The summed E-state index contributed by atoms with van der Waals surface area (Å²) >= 11 is 0. The van der Waals surface area contributed by atoms with Gasteiger partial charge < -0.3 is 0 Å². The molecule has 0 amide bonds. The summed E-state index contributed by atoms with van der Waals surface area (Å²) in [6, 6.07) is 46.7. The van der Waals surface area contributed by atoms with Gasteiger partial charge in [0.1, 0.15) is 0 Å². The molecule has 0 atom stereocenters. The quantitative estimate of drug-likeness (QED) is 0.247. The van der Waals surface area contributed by atoms with E-state index in [2.05, 4.69) is 115 Å². The van der Waals surface area contributed by atoms with Crippen molar-refractivity contribution in [1.29, 1.82) is 0 Å². The first kappa shape index (κ1) is 20.5. The highest BCUT2D eigenvalue weighted by Crippen LogP contribution is 2.33. The number of nitrogens with zero attached hydrogens (tertiary/aromatic N) is 2. The molecule has 2 nitrogen and oxygen atoms in total. The van der Waals surface area contributed by atoms with Gasteiger partial charge in [0, 0.05) is 21.9 Å². The molecule has 2 heteroatoms. The summed E-state index contributed by atoms with van der Waals surface area (Å²) in [5.74, 6) is 0. The molecule has 7 aromatic rings. The summed E-state index contributed by atoms with van der Waals surface area (Å²) in [6.45, 7) is 0. The molecule has 0 bridgehead atoms. The molecule has 0 N–H and O–H groups in total. The monoisotopic (exact) mass is 458 g/mol. The van der Waals surface area contributed by atoms with Crippen molar-refractivity contribution < 1.29 is 0 Å². The largest absolute Gasteiger partial charge is 0.245 e. The van der Waals surface area contributed by atoms with Gasteiger partial charge in [-0.15, -0.1) is 0 Å². The standard InChI is InChI=1S/C34H22N2/c1-2-9-24(10-3-1)31-20-18-25-16-17-26-19-21-32(36-34(26)33(25)35-31)28-13-6-12-27(22-28)30-15-7-11-23-8-4-5-14-29(23)30/h1-22H. The number of hydrogen-bond acceptors (Lipinski definition) is 2. The molecule has 2 aromatic heterocycles. The molecular weight excluding hydrogens is 436 g/mol. The van der Waals surface area contributed by atoms with E-state index in [4.69, 9.17) is 9.97 Å². The van der Waals surface area contributed by atoms with Crippen molar-refractivity contribution in [2.45, 2.75) is 0 Å². The number of pyridine rings is 2. The molecule has 168 valence electrons. The Balaban J connectivity index is 1.38. The minimum atomic E-state index is 0.929. The first-order valence-electron chi connectivity index (χ1n) is 12.2. The minimum absolute atomic E-state index is 0.929. The number of fused-ring (bicyclic) bond motifs is 4. The smallest absolute Gasteiger partial charge is 0.0972 e. The van der Waals surface area contributed by atoms with Crippen LogP contribution in [0.4, 0.5) is 0 Å². The summed E-state index contributed by atoms with van der Waals surface area (Å²) < 4.78 is 0. The van der Waals surface area contributed by atoms with Crippen LogP contribution in [0.5, 0.6) is 0 Å². The maximum Gasteiger partial charge on any atom is 0.0972 e. The van der Waals surface area contributed by atoms with Crippen molar-refractivity contribution in [3.63, 3.8) is 0 Å². The third-order valence-corrected chi connectivity index (χ3v) is 6.85. The van der Waals surface area contributed by atoms with E-state index in [0.29, 0.717) is 0 Å². The molecule has 2 heterocycles. The SMILES string of the molecule is c1ccc(-c2ccc3ccc4ccc(-c5cccc(-c6cccc7ccccc67)c5)nc4c3n2)cc1. The molecule has 0 radical (unpaired) electrons. The molecule has 0 spiro atoms. The molecular formula is C34H22N2. The zero-order chi connectivity index (χ0) is 23.9. The molecule has 5 aromatic carbocycles. The van der Waals surface area contributed by atoms with Gasteiger partial charge in [-0.3, -0.25) is 0 Å². The summed E-state index contributed by atoms with van der Waals surface area (Å²) in [6.07, 6.45) is 0. The van der Waals surface area contributed by atoms with Crippen LogP contribution in [0.25, 0.3) is 66.2 Å². The third kappa shape index (κ3) is 3.52. The number of rotatable bonds is 3. The maximum absolute atomic E-state index is 5.14. The summed E-state index contributed by atoms with van der Waals surface area (Å²) in [5, 5.41) is 4.69. The summed E-state index contributed by atoms with van der Waals surface area (Å²) in [7, 11) is 0. The van der Waals surface area contributed by atoms with Crippen molar-refractivity contribution in [2.75, 3.05) is 0 Å². The lowest BCUT2D eigenvalue weighted by atomic mass is 9.96. The summed E-state index contributed by atoms with van der Waals surface area (Å²) in [4.78, 5) is 10.2. The highest BCUT2D eigenvalue weighted by molar-refractivity contribution is 6.04. The van der Waals surface area contributed by atoms with Crippen LogP contribution in [-0.2, 0) is 0 Å². The lowest BCUT2D eigenvalue weighted by molar-refractivity contribution is 1.36. The van der Waals surface area contributed by atoms with E-state index in [0.717, 1.165) is 44.3 Å². The lowest BCUT2D eigenvalue weighted by Gasteiger charge is -2.10. The number of aromatic nitrogens is 2. The Bertz CT molecular complexity index is 1880. The van der Waals surface area contributed by atoms with Crippen LogP contribution in [0.2, 0.25) is 0 Å². The minimum Gasteiger partial charge on any atom is -0.245 e. The van der Waals surface area contributed by atoms with Gasteiger partial charge in [-0.05, 0) is 40.1 Å². The molecule has 0 unspecified atom stereocenters. The highest BCUT2D eigenvalue weighted by Gasteiger charge is 2.10. The van der Waals surface area contributed by atoms with Gasteiger partial charge in [0.15, 0.2) is 0 Å². The zero-order valence-corrected chi connectivity index (χ0v) is 19.6. The van der Waals surface area contributed by atoms with Crippen molar-refractivity contribution in [3.05, 3.63) is 133 Å². The fourth-order valence-corrected chi connectivity index (χ4v) is 5.02. The Morgan fingerprint density at radius 3 is 1.69 bits per heavy atom. The number of hydrogen-bond donors (Lipinski definition) is 0. The second-order valence-corrected chi connectivity index (χ2v) is 9.08. The van der Waals surface area contributed by atoms with E-state index in [1.54, 1.807) is 0 Å². The molecule has 0 saturated heterocycles. The Kier molecular flexibility index (Phi) is 4.82. The van der Waals surface area contributed by atoms with Gasteiger partial charge in [0.2, 0.25) is 0 Å². The van der Waals surface area contributed by atoms with E-state index >= 15 is 0 Å². The second kappa shape index (κ2) is 8.44. The van der Waals surface area contributed by atoms with Gasteiger partial charge in [-0.1, -0.05) is 115 Å². The molecule has 0 aliphatic carbocycles.